The van der Waals surface area contributed by atoms with Gasteiger partial charge in [-0.2, -0.15) is 0 Å². The zero-order valence-corrected chi connectivity index (χ0v) is 22.4. The molecular formula is C22H18BBr3O8. The second-order valence-electron chi connectivity index (χ2n) is 7.12. The molecule has 0 atom stereocenters. The average Bonchev–Trinajstić information content (AvgIpc) is 2.73. The van der Waals surface area contributed by atoms with Gasteiger partial charge in [-0.25, -0.2) is 9.59 Å². The van der Waals surface area contributed by atoms with Crippen LogP contribution in [0.3, 0.4) is 0 Å². The van der Waals surface area contributed by atoms with Crippen LogP contribution in [0.5, 0.6) is 11.5 Å². The highest BCUT2D eigenvalue weighted by Crippen LogP contribution is 2.33. The van der Waals surface area contributed by atoms with E-state index in [-0.39, 0.29) is 45.4 Å². The Morgan fingerprint density at radius 3 is 1.62 bits per heavy atom. The van der Waals surface area contributed by atoms with E-state index >= 15 is 0 Å². The molecule has 2 N–H and O–H groups in total. The second kappa shape index (κ2) is 13.1. The highest BCUT2D eigenvalue weighted by Gasteiger charge is 2.20. The van der Waals surface area contributed by atoms with Crippen LogP contribution in [0.15, 0.2) is 37.7 Å². The van der Waals surface area contributed by atoms with Crippen molar-refractivity contribution in [1.82, 2.24) is 0 Å². The first-order valence-electron chi connectivity index (χ1n) is 9.95. The van der Waals surface area contributed by atoms with Gasteiger partial charge in [-0.15, -0.1) is 0 Å². The van der Waals surface area contributed by atoms with E-state index in [0.29, 0.717) is 34.6 Å². The van der Waals surface area contributed by atoms with Gasteiger partial charge in [0.2, 0.25) is 0 Å². The molecule has 8 nitrogen and oxygen atoms in total. The summed E-state index contributed by atoms with van der Waals surface area (Å²) in [4.78, 5) is 47.0. The summed E-state index contributed by atoms with van der Waals surface area (Å²) in [7, 11) is 5.62. The van der Waals surface area contributed by atoms with Crippen molar-refractivity contribution in [3.63, 3.8) is 0 Å². The fourth-order valence-electron chi connectivity index (χ4n) is 2.92. The van der Waals surface area contributed by atoms with E-state index in [1.54, 1.807) is 6.07 Å². The number of halogens is 3. The predicted molar refractivity (Wildman–Crippen MR) is 134 cm³/mol. The third-order valence-corrected chi connectivity index (χ3v) is 6.11. The zero-order chi connectivity index (χ0) is 25.4. The van der Waals surface area contributed by atoms with Gasteiger partial charge in [-0.1, -0.05) is 46.4 Å². The Kier molecular flexibility index (Phi) is 10.8. The molecule has 178 valence electrons. The summed E-state index contributed by atoms with van der Waals surface area (Å²) in [6.45, 7) is 0. The molecule has 2 rings (SSSR count). The molecule has 12 heteroatoms. The Hall–Kier alpha value is -2.18. The van der Waals surface area contributed by atoms with E-state index in [0.717, 1.165) is 0 Å². The predicted octanol–water partition coefficient (Wildman–Crippen LogP) is 5.02. The molecule has 0 aliphatic heterocycles. The maximum absolute atomic E-state index is 12.1. The summed E-state index contributed by atoms with van der Waals surface area (Å²) in [5, 5.41) is 18.6. The normalized spacial score (nSPS) is 10.6. The summed E-state index contributed by atoms with van der Waals surface area (Å²) < 4.78 is 11.6. The van der Waals surface area contributed by atoms with Crippen LogP contribution in [0.1, 0.15) is 59.2 Å². The molecular weight excluding hydrogens is 643 g/mol. The maximum atomic E-state index is 12.1. The number of carbonyl (C=O) groups excluding carboxylic acids is 2. The Bertz CT molecular complexity index is 1030. The third-order valence-electron chi connectivity index (χ3n) is 4.48. The summed E-state index contributed by atoms with van der Waals surface area (Å²) in [6.07, 6.45) is 2.35. The molecule has 0 saturated carbocycles. The minimum atomic E-state index is -1.27. The maximum Gasteiger partial charge on any atom is 0.339 e. The summed E-state index contributed by atoms with van der Waals surface area (Å²) in [5.74, 6) is -3.81. The number of carboxylic acid groups (broad SMARTS) is 2. The Morgan fingerprint density at radius 1 is 0.706 bits per heavy atom. The van der Waals surface area contributed by atoms with Gasteiger partial charge in [-0.3, -0.25) is 9.59 Å². The van der Waals surface area contributed by atoms with Gasteiger partial charge < -0.3 is 19.7 Å². The lowest BCUT2D eigenvalue weighted by Crippen LogP contribution is -2.15. The highest BCUT2D eigenvalue weighted by molar-refractivity contribution is 9.11. The third kappa shape index (κ3) is 8.24. The minimum absolute atomic E-state index is 0.0574. The molecule has 0 aromatic heterocycles. The molecule has 0 amide bonds. The molecule has 2 aromatic carbocycles. The molecule has 2 aromatic rings. The fraction of sp³-hybridized carbons (Fsp3) is 0.273. The molecule has 0 aliphatic carbocycles. The largest absolute Gasteiger partial charge is 0.478 e. The van der Waals surface area contributed by atoms with E-state index in [1.807, 2.05) is 0 Å². The molecule has 0 spiro atoms. The first kappa shape index (κ1) is 28.1. The standard InChI is InChI=1S/C22H18BBr3O8/c23-11-7-13(21(29)30)19(15(25)8-11)33-17(27)5-3-1-2-4-6-18(28)34-20-14(22(31)32)9-12(24)10-16(20)26/h7-10H,1-6H2,(H,29,30)(H,31,32). The van der Waals surface area contributed by atoms with Crippen molar-refractivity contribution < 1.29 is 38.9 Å². The zero-order valence-electron chi connectivity index (χ0n) is 17.6. The van der Waals surface area contributed by atoms with Crippen molar-refractivity contribution in [3.05, 3.63) is 48.8 Å². The number of aromatic carboxylic acids is 2. The number of esters is 2. The lowest BCUT2D eigenvalue weighted by Gasteiger charge is -2.11. The quantitative estimate of drug-likeness (QED) is 0.149. The molecule has 2 radical (unpaired) electrons. The molecule has 0 unspecified atom stereocenters. The Morgan fingerprint density at radius 2 is 1.15 bits per heavy atom. The SMILES string of the molecule is [B]c1cc(Br)c(OC(=O)CCCCCCC(=O)Oc2c(Br)cc(Br)cc2C(=O)O)c(C(=O)O)c1. The van der Waals surface area contributed by atoms with Crippen molar-refractivity contribution in [3.8, 4) is 11.5 Å². The summed E-state index contributed by atoms with van der Waals surface area (Å²) in [5.41, 5.74) is -0.150. The highest BCUT2D eigenvalue weighted by atomic mass is 79.9. The smallest absolute Gasteiger partial charge is 0.339 e. The first-order valence-corrected chi connectivity index (χ1v) is 12.3. The number of benzene rings is 2. The van der Waals surface area contributed by atoms with E-state index in [4.69, 9.17) is 17.3 Å². The van der Waals surface area contributed by atoms with Crippen molar-refractivity contribution in [2.24, 2.45) is 0 Å². The van der Waals surface area contributed by atoms with Crippen LogP contribution in [0.25, 0.3) is 0 Å². The van der Waals surface area contributed by atoms with E-state index < -0.39 is 23.9 Å². The van der Waals surface area contributed by atoms with Crippen molar-refractivity contribution in [2.75, 3.05) is 0 Å². The van der Waals surface area contributed by atoms with Crippen LogP contribution in [0, 0.1) is 0 Å². The number of hydrogen-bond donors (Lipinski definition) is 2. The van der Waals surface area contributed by atoms with Gasteiger partial charge in [-0.05, 0) is 56.8 Å². The number of carboxylic acids is 2. The minimum Gasteiger partial charge on any atom is -0.478 e. The van der Waals surface area contributed by atoms with Crippen LogP contribution in [-0.4, -0.2) is 41.9 Å². The van der Waals surface area contributed by atoms with Crippen LogP contribution in [0.4, 0.5) is 0 Å². The van der Waals surface area contributed by atoms with E-state index in [2.05, 4.69) is 47.8 Å². The van der Waals surface area contributed by atoms with Gasteiger partial charge in [0.05, 0.1) is 8.95 Å². The van der Waals surface area contributed by atoms with Gasteiger partial charge in [0.25, 0.3) is 0 Å². The number of unbranched alkanes of at least 4 members (excludes halogenated alkanes) is 3. The molecule has 0 bridgehead atoms. The van der Waals surface area contributed by atoms with Gasteiger partial charge in [0.1, 0.15) is 19.0 Å². The van der Waals surface area contributed by atoms with Gasteiger partial charge in [0, 0.05) is 17.3 Å². The number of rotatable bonds is 11. The molecule has 0 saturated heterocycles. The second-order valence-corrected chi connectivity index (χ2v) is 9.74. The van der Waals surface area contributed by atoms with E-state index in [1.165, 1.54) is 18.2 Å². The Labute approximate surface area is 221 Å². The Balaban J connectivity index is 1.77. The van der Waals surface area contributed by atoms with Crippen LogP contribution >= 0.6 is 47.8 Å². The van der Waals surface area contributed by atoms with Gasteiger partial charge >= 0.3 is 23.9 Å². The number of carbonyl (C=O) groups is 4. The monoisotopic (exact) mass is 658 g/mol. The van der Waals surface area contributed by atoms with Crippen LogP contribution in [0.2, 0.25) is 0 Å². The molecule has 0 heterocycles. The average molecular weight is 661 g/mol. The lowest BCUT2D eigenvalue weighted by atomic mass is 9.94. The lowest BCUT2D eigenvalue weighted by molar-refractivity contribution is -0.135. The van der Waals surface area contributed by atoms with Crippen molar-refractivity contribution >= 4 is 85.0 Å². The van der Waals surface area contributed by atoms with Crippen LogP contribution in [-0.2, 0) is 9.59 Å². The molecule has 0 aliphatic rings. The fourth-order valence-corrected chi connectivity index (χ4v) is 4.79. The number of ether oxygens (including phenoxy) is 2. The van der Waals surface area contributed by atoms with Crippen molar-refractivity contribution in [1.29, 1.82) is 0 Å². The summed E-state index contributed by atoms with van der Waals surface area (Å²) in [6, 6.07) is 5.58. The van der Waals surface area contributed by atoms with E-state index in [9.17, 15) is 29.4 Å². The molecule has 34 heavy (non-hydrogen) atoms. The van der Waals surface area contributed by atoms with Crippen molar-refractivity contribution in [2.45, 2.75) is 38.5 Å². The number of hydrogen-bond acceptors (Lipinski definition) is 6. The summed E-state index contributed by atoms with van der Waals surface area (Å²) >= 11 is 9.54. The van der Waals surface area contributed by atoms with Crippen LogP contribution < -0.4 is 14.9 Å². The topological polar surface area (TPSA) is 127 Å². The van der Waals surface area contributed by atoms with Gasteiger partial charge in [0.15, 0.2) is 11.5 Å². The molecule has 0 fully saturated rings. The first-order chi connectivity index (χ1) is 16.0.